The number of amides is 1. The molecule has 0 aliphatic heterocycles. The molecule has 2 rings (SSSR count). The largest absolute Gasteiger partial charge is 0.363 e. The van der Waals surface area contributed by atoms with Crippen molar-refractivity contribution in [3.8, 4) is 0 Å². The average Bonchev–Trinajstić information content (AvgIpc) is 2.48. The van der Waals surface area contributed by atoms with E-state index in [-0.39, 0.29) is 18.0 Å². The third-order valence-electron chi connectivity index (χ3n) is 3.06. The van der Waals surface area contributed by atoms with E-state index in [9.17, 15) is 9.59 Å². The van der Waals surface area contributed by atoms with Crippen molar-refractivity contribution >= 4 is 56.4 Å². The van der Waals surface area contributed by atoms with Crippen molar-refractivity contribution in [1.82, 2.24) is 9.78 Å². The highest BCUT2D eigenvalue weighted by Crippen LogP contribution is 2.25. The first-order chi connectivity index (χ1) is 10.8. The molecule has 0 fully saturated rings. The fourth-order valence-corrected chi connectivity index (χ4v) is 2.80. The van der Waals surface area contributed by atoms with Crippen LogP contribution in [0.15, 0.2) is 33.7 Å². The number of nitrogens with one attached hydrogen (secondary N) is 1. The maximum absolute atomic E-state index is 12.1. The number of carbonyl (C=O) groups excluding carboxylic acids is 1. The zero-order chi connectivity index (χ0) is 17.1. The molecule has 2 aromatic rings. The standard InChI is InChI=1S/C14H13BrCl2N4O2/c1-20(11-6-18-21(2)14(23)13(11)15)7-12(22)19-8-3-4-9(16)10(17)5-8/h3-6H,7H2,1-2H3,(H,19,22). The molecule has 0 saturated carbocycles. The predicted octanol–water partition coefficient (Wildman–Crippen LogP) is 2.92. The van der Waals surface area contributed by atoms with Gasteiger partial charge in [-0.1, -0.05) is 23.2 Å². The topological polar surface area (TPSA) is 67.2 Å². The molecule has 0 aliphatic carbocycles. The lowest BCUT2D eigenvalue weighted by Gasteiger charge is -2.19. The summed E-state index contributed by atoms with van der Waals surface area (Å²) in [6.45, 7) is 0.0354. The number of rotatable bonds is 4. The van der Waals surface area contributed by atoms with Gasteiger partial charge in [0.25, 0.3) is 5.56 Å². The van der Waals surface area contributed by atoms with E-state index in [1.165, 1.54) is 10.9 Å². The van der Waals surface area contributed by atoms with Gasteiger partial charge in [-0.25, -0.2) is 4.68 Å². The first-order valence-electron chi connectivity index (χ1n) is 6.47. The zero-order valence-electron chi connectivity index (χ0n) is 12.3. The molecule has 1 aromatic heterocycles. The van der Waals surface area contributed by atoms with E-state index in [1.807, 2.05) is 0 Å². The molecule has 0 radical (unpaired) electrons. The molecule has 1 heterocycles. The summed E-state index contributed by atoms with van der Waals surface area (Å²) in [5, 5.41) is 7.43. The number of benzene rings is 1. The molecule has 0 spiro atoms. The summed E-state index contributed by atoms with van der Waals surface area (Å²) in [6.07, 6.45) is 1.51. The van der Waals surface area contributed by atoms with Crippen molar-refractivity contribution < 1.29 is 4.79 Å². The third kappa shape index (κ3) is 4.25. The minimum Gasteiger partial charge on any atom is -0.363 e. The van der Waals surface area contributed by atoms with E-state index in [2.05, 4.69) is 26.3 Å². The van der Waals surface area contributed by atoms with Gasteiger partial charge < -0.3 is 10.2 Å². The molecule has 0 aliphatic rings. The Morgan fingerprint density at radius 3 is 2.74 bits per heavy atom. The van der Waals surface area contributed by atoms with Gasteiger partial charge in [0.1, 0.15) is 4.47 Å². The Morgan fingerprint density at radius 2 is 2.09 bits per heavy atom. The summed E-state index contributed by atoms with van der Waals surface area (Å²) in [6, 6.07) is 4.82. The van der Waals surface area contributed by atoms with Gasteiger partial charge in [0.15, 0.2) is 0 Å². The molecule has 23 heavy (non-hydrogen) atoms. The zero-order valence-corrected chi connectivity index (χ0v) is 15.4. The van der Waals surface area contributed by atoms with Gasteiger partial charge in [-0.2, -0.15) is 5.10 Å². The van der Waals surface area contributed by atoms with Crippen molar-refractivity contribution in [3.63, 3.8) is 0 Å². The van der Waals surface area contributed by atoms with E-state index in [0.717, 1.165) is 0 Å². The Hall–Kier alpha value is -1.57. The molecule has 1 N–H and O–H groups in total. The van der Waals surface area contributed by atoms with Crippen LogP contribution in [0.5, 0.6) is 0 Å². The Morgan fingerprint density at radius 1 is 1.39 bits per heavy atom. The van der Waals surface area contributed by atoms with Crippen molar-refractivity contribution in [2.75, 3.05) is 23.8 Å². The van der Waals surface area contributed by atoms with Crippen LogP contribution in [0.2, 0.25) is 10.0 Å². The Balaban J connectivity index is 2.09. The molecule has 0 atom stereocenters. The minimum absolute atomic E-state index is 0.0354. The summed E-state index contributed by atoms with van der Waals surface area (Å²) in [7, 11) is 3.24. The van der Waals surface area contributed by atoms with Crippen molar-refractivity contribution in [2.45, 2.75) is 0 Å². The maximum atomic E-state index is 12.1. The van der Waals surface area contributed by atoms with E-state index in [0.29, 0.717) is 25.9 Å². The number of halogens is 3. The quantitative estimate of drug-likeness (QED) is 0.827. The Kier molecular flexibility index (Phi) is 5.67. The normalized spacial score (nSPS) is 10.5. The Labute approximate surface area is 151 Å². The Bertz CT molecular complexity index is 810. The van der Waals surface area contributed by atoms with Crippen LogP contribution in [0.4, 0.5) is 11.4 Å². The number of hydrogen-bond donors (Lipinski definition) is 1. The average molecular weight is 420 g/mol. The summed E-state index contributed by atoms with van der Waals surface area (Å²) < 4.78 is 1.55. The summed E-state index contributed by atoms with van der Waals surface area (Å²) in [5.74, 6) is -0.265. The molecule has 122 valence electrons. The van der Waals surface area contributed by atoms with Crippen LogP contribution in [0.25, 0.3) is 0 Å². The second-order valence-corrected chi connectivity index (χ2v) is 6.41. The number of anilines is 2. The van der Waals surface area contributed by atoms with E-state index >= 15 is 0 Å². The second kappa shape index (κ2) is 7.33. The van der Waals surface area contributed by atoms with Crippen molar-refractivity contribution in [2.24, 2.45) is 7.05 Å². The van der Waals surface area contributed by atoms with Gasteiger partial charge in [0.2, 0.25) is 5.91 Å². The first kappa shape index (κ1) is 17.8. The maximum Gasteiger partial charge on any atom is 0.282 e. The van der Waals surface area contributed by atoms with Gasteiger partial charge in [-0.05, 0) is 34.1 Å². The molecular weight excluding hydrogens is 407 g/mol. The van der Waals surface area contributed by atoms with Crippen LogP contribution in [0.1, 0.15) is 0 Å². The van der Waals surface area contributed by atoms with Gasteiger partial charge in [-0.3, -0.25) is 9.59 Å². The monoisotopic (exact) mass is 418 g/mol. The number of nitrogens with zero attached hydrogens (tertiary/aromatic N) is 3. The fourth-order valence-electron chi connectivity index (χ4n) is 1.84. The second-order valence-electron chi connectivity index (χ2n) is 4.81. The van der Waals surface area contributed by atoms with Crippen LogP contribution in [-0.4, -0.2) is 29.3 Å². The summed E-state index contributed by atoms with van der Waals surface area (Å²) in [4.78, 5) is 25.6. The summed E-state index contributed by atoms with van der Waals surface area (Å²) >= 11 is 15.0. The van der Waals surface area contributed by atoms with Gasteiger partial charge >= 0.3 is 0 Å². The smallest absolute Gasteiger partial charge is 0.282 e. The molecule has 9 heteroatoms. The molecule has 1 aromatic carbocycles. The third-order valence-corrected chi connectivity index (χ3v) is 4.54. The van der Waals surface area contributed by atoms with Crippen molar-refractivity contribution in [3.05, 3.63) is 49.3 Å². The van der Waals surface area contributed by atoms with Gasteiger partial charge in [-0.15, -0.1) is 0 Å². The van der Waals surface area contributed by atoms with Gasteiger partial charge in [0, 0.05) is 19.8 Å². The minimum atomic E-state index is -0.278. The van der Waals surface area contributed by atoms with E-state index in [4.69, 9.17) is 23.2 Å². The number of likely N-dealkylation sites (N-methyl/N-ethyl adjacent to an activating group) is 1. The van der Waals surface area contributed by atoms with Crippen LogP contribution in [-0.2, 0) is 11.8 Å². The molecule has 6 nitrogen and oxygen atoms in total. The van der Waals surface area contributed by atoms with E-state index < -0.39 is 0 Å². The molecule has 0 saturated heterocycles. The lowest BCUT2D eigenvalue weighted by atomic mass is 10.3. The number of carbonyl (C=O) groups is 1. The lowest BCUT2D eigenvalue weighted by molar-refractivity contribution is -0.114. The molecule has 0 unspecified atom stereocenters. The van der Waals surface area contributed by atoms with E-state index in [1.54, 1.807) is 37.2 Å². The highest BCUT2D eigenvalue weighted by molar-refractivity contribution is 9.10. The SMILES string of the molecule is CN(CC(=O)Nc1ccc(Cl)c(Cl)c1)c1cnn(C)c(=O)c1Br. The summed E-state index contributed by atoms with van der Waals surface area (Å²) in [5.41, 5.74) is 0.788. The predicted molar refractivity (Wildman–Crippen MR) is 95.5 cm³/mol. The van der Waals surface area contributed by atoms with Crippen molar-refractivity contribution in [1.29, 1.82) is 0 Å². The van der Waals surface area contributed by atoms with Gasteiger partial charge in [0.05, 0.1) is 28.5 Å². The fraction of sp³-hybridized carbons (Fsp3) is 0.214. The lowest BCUT2D eigenvalue weighted by Crippen LogP contribution is -2.32. The molecule has 0 bridgehead atoms. The van der Waals surface area contributed by atoms with Crippen LogP contribution >= 0.6 is 39.1 Å². The van der Waals surface area contributed by atoms with Crippen LogP contribution in [0.3, 0.4) is 0 Å². The highest BCUT2D eigenvalue weighted by Gasteiger charge is 2.14. The number of hydrogen-bond acceptors (Lipinski definition) is 4. The molecule has 1 amide bonds. The molecular formula is C14H13BrCl2N4O2. The first-order valence-corrected chi connectivity index (χ1v) is 8.02. The highest BCUT2D eigenvalue weighted by atomic mass is 79.9. The number of aromatic nitrogens is 2. The number of aryl methyl sites for hydroxylation is 1. The van der Waals surface area contributed by atoms with Crippen LogP contribution < -0.4 is 15.8 Å². The van der Waals surface area contributed by atoms with Crippen LogP contribution in [0, 0.1) is 0 Å².